The van der Waals surface area contributed by atoms with Gasteiger partial charge in [-0.15, -0.1) is 0 Å². The van der Waals surface area contributed by atoms with Gasteiger partial charge in [-0.25, -0.2) is 14.4 Å². The lowest BCUT2D eigenvalue weighted by Gasteiger charge is -2.25. The maximum absolute atomic E-state index is 13.5. The molecule has 2 rings (SSSR count). The van der Waals surface area contributed by atoms with Crippen LogP contribution in [0, 0.1) is 5.92 Å². The number of carbonyl (C=O) groups excluding carboxylic acids is 8. The number of unbranched alkanes of at least 4 members (excludes halogenated alkanes) is 2. The van der Waals surface area contributed by atoms with Crippen molar-refractivity contribution >= 4 is 71.9 Å². The standard InChI is InChI=1S/C37H56N8O11S/c1-22(2)31(42-28(46)11-7-6-8-18-45-30(48)20-27(57)34(45)51)33(50)41-26(10-9-17-39-36(38)54)32(49)40-25-14-12-24(13-15-25)21-56-37(55)43(4)19-16-29(47)44(5)23(3)35(52)53/h12-15,22-23,26-27,31,57H,6-11,16-21H2,1-5H3,(H,40,49)(H,41,50)(H,42,46)(H,52,53)(H3,38,39,54)/t23-,26-,27?,31-/m0/s1. The van der Waals surface area contributed by atoms with Crippen molar-refractivity contribution in [3.63, 3.8) is 0 Å². The Bertz CT molecular complexity index is 1610. The number of likely N-dealkylation sites (N-methyl/N-ethyl adjacent to an activating group) is 1. The Balaban J connectivity index is 1.93. The molecule has 0 spiro atoms. The highest BCUT2D eigenvalue weighted by molar-refractivity contribution is 7.81. The summed E-state index contributed by atoms with van der Waals surface area (Å²) in [6.45, 7) is 5.17. The highest BCUT2D eigenvalue weighted by Crippen LogP contribution is 2.19. The van der Waals surface area contributed by atoms with E-state index >= 15 is 0 Å². The van der Waals surface area contributed by atoms with E-state index in [2.05, 4.69) is 33.9 Å². The zero-order chi connectivity index (χ0) is 42.8. The quantitative estimate of drug-likeness (QED) is 0.0469. The number of imide groups is 1. The molecule has 4 atom stereocenters. The fourth-order valence-corrected chi connectivity index (χ4v) is 5.84. The molecule has 0 aromatic heterocycles. The van der Waals surface area contributed by atoms with Gasteiger partial charge >= 0.3 is 18.1 Å². The number of hydrogen-bond donors (Lipinski definition) is 7. The van der Waals surface area contributed by atoms with Crippen LogP contribution >= 0.6 is 12.6 Å². The molecule has 0 bridgehead atoms. The summed E-state index contributed by atoms with van der Waals surface area (Å²) in [5.74, 6) is -4.02. The molecule has 1 aliphatic rings. The maximum Gasteiger partial charge on any atom is 0.409 e. The van der Waals surface area contributed by atoms with Crippen molar-refractivity contribution < 1.29 is 53.0 Å². The van der Waals surface area contributed by atoms with Crippen molar-refractivity contribution in [1.82, 2.24) is 30.7 Å². The van der Waals surface area contributed by atoms with Gasteiger partial charge in [0.05, 0.1) is 5.25 Å². The number of primary amides is 1. The number of carboxylic acid groups (broad SMARTS) is 1. The molecule has 1 fully saturated rings. The molecule has 316 valence electrons. The Labute approximate surface area is 337 Å². The normalized spacial score (nSPS) is 15.3. The Morgan fingerprint density at radius 3 is 2.19 bits per heavy atom. The smallest absolute Gasteiger partial charge is 0.409 e. The fourth-order valence-electron chi connectivity index (χ4n) is 5.54. The van der Waals surface area contributed by atoms with Gasteiger partial charge in [0.2, 0.25) is 35.4 Å². The third kappa shape index (κ3) is 16.3. The molecule has 1 heterocycles. The molecule has 0 saturated carbocycles. The number of carbonyl (C=O) groups is 9. The first-order valence-electron chi connectivity index (χ1n) is 18.7. The third-order valence-corrected chi connectivity index (χ3v) is 9.66. The van der Waals surface area contributed by atoms with Crippen LogP contribution in [0.3, 0.4) is 0 Å². The van der Waals surface area contributed by atoms with Crippen LogP contribution in [0.2, 0.25) is 0 Å². The number of hydrogen-bond acceptors (Lipinski definition) is 11. The zero-order valence-electron chi connectivity index (χ0n) is 33.1. The van der Waals surface area contributed by atoms with Crippen LogP contribution in [-0.4, -0.2) is 130 Å². The summed E-state index contributed by atoms with van der Waals surface area (Å²) in [6.07, 6.45) is 1.35. The average molecular weight is 821 g/mol. The maximum atomic E-state index is 13.5. The minimum Gasteiger partial charge on any atom is -0.480 e. The van der Waals surface area contributed by atoms with Crippen LogP contribution in [0.4, 0.5) is 15.3 Å². The van der Waals surface area contributed by atoms with Crippen molar-refractivity contribution in [2.45, 2.75) is 102 Å². The van der Waals surface area contributed by atoms with Gasteiger partial charge in [0.1, 0.15) is 24.7 Å². The summed E-state index contributed by atoms with van der Waals surface area (Å²) >= 11 is 4.11. The van der Waals surface area contributed by atoms with E-state index in [4.69, 9.17) is 15.6 Å². The van der Waals surface area contributed by atoms with Gasteiger partial charge < -0.3 is 46.6 Å². The second-order valence-corrected chi connectivity index (χ2v) is 14.8. The number of nitrogens with zero attached hydrogens (tertiary/aromatic N) is 3. The molecule has 0 radical (unpaired) electrons. The zero-order valence-corrected chi connectivity index (χ0v) is 34.0. The molecule has 1 aliphatic heterocycles. The predicted octanol–water partition coefficient (Wildman–Crippen LogP) is 1.21. The highest BCUT2D eigenvalue weighted by Gasteiger charge is 2.35. The number of nitrogens with one attached hydrogen (secondary N) is 4. The van der Waals surface area contributed by atoms with Gasteiger partial charge in [0, 0.05) is 58.7 Å². The van der Waals surface area contributed by atoms with Crippen molar-refractivity contribution in [3.05, 3.63) is 29.8 Å². The Hall–Kier alpha value is -5.40. The van der Waals surface area contributed by atoms with Crippen LogP contribution in [0.1, 0.15) is 77.7 Å². The predicted molar refractivity (Wildman–Crippen MR) is 210 cm³/mol. The first kappa shape index (κ1) is 47.8. The van der Waals surface area contributed by atoms with Crippen LogP contribution in [0.15, 0.2) is 24.3 Å². The van der Waals surface area contributed by atoms with Crippen molar-refractivity contribution in [1.29, 1.82) is 0 Å². The largest absolute Gasteiger partial charge is 0.480 e. The monoisotopic (exact) mass is 820 g/mol. The van der Waals surface area contributed by atoms with Crippen molar-refractivity contribution in [2.75, 3.05) is 39.0 Å². The number of urea groups is 1. The summed E-state index contributed by atoms with van der Waals surface area (Å²) in [5.41, 5.74) is 6.11. The topological polar surface area (TPSA) is 267 Å². The molecule has 1 aromatic carbocycles. The number of amides is 9. The number of aliphatic carboxylic acids is 1. The first-order chi connectivity index (χ1) is 26.8. The van der Waals surface area contributed by atoms with Gasteiger partial charge in [0.15, 0.2) is 0 Å². The van der Waals surface area contributed by atoms with Gasteiger partial charge in [0.25, 0.3) is 0 Å². The molecular weight excluding hydrogens is 765 g/mol. The number of benzene rings is 1. The number of thiol groups is 1. The number of ether oxygens (including phenoxy) is 1. The number of carboxylic acids is 1. The summed E-state index contributed by atoms with van der Waals surface area (Å²) in [4.78, 5) is 114. The minimum absolute atomic E-state index is 0.00627. The number of likely N-dealkylation sites (tertiary alicyclic amines) is 1. The summed E-state index contributed by atoms with van der Waals surface area (Å²) in [6, 6.07) is 2.60. The van der Waals surface area contributed by atoms with Gasteiger partial charge in [-0.1, -0.05) is 32.4 Å². The lowest BCUT2D eigenvalue weighted by molar-refractivity contribution is -0.148. The molecule has 1 unspecified atom stereocenters. The molecule has 20 heteroatoms. The lowest BCUT2D eigenvalue weighted by Crippen LogP contribution is -2.54. The Morgan fingerprint density at radius 1 is 0.947 bits per heavy atom. The second-order valence-electron chi connectivity index (χ2n) is 14.1. The third-order valence-electron chi connectivity index (χ3n) is 9.26. The van der Waals surface area contributed by atoms with Crippen LogP contribution in [-0.2, 0) is 44.9 Å². The number of nitrogens with two attached hydrogens (primary N) is 1. The van der Waals surface area contributed by atoms with Crippen molar-refractivity contribution in [3.8, 4) is 0 Å². The van der Waals surface area contributed by atoms with E-state index in [0.717, 1.165) is 4.90 Å². The van der Waals surface area contributed by atoms with E-state index in [1.807, 2.05) is 0 Å². The van der Waals surface area contributed by atoms with Crippen molar-refractivity contribution in [2.24, 2.45) is 11.7 Å². The molecular formula is C37H56N8O11S. The van der Waals surface area contributed by atoms with Gasteiger partial charge in [-0.05, 0) is 56.2 Å². The minimum atomic E-state index is -1.15. The summed E-state index contributed by atoms with van der Waals surface area (Å²) in [7, 11) is 2.81. The summed E-state index contributed by atoms with van der Waals surface area (Å²) in [5, 5.41) is 19.1. The van der Waals surface area contributed by atoms with Gasteiger partial charge in [-0.3, -0.25) is 33.7 Å². The van der Waals surface area contributed by atoms with Crippen LogP contribution < -0.4 is 27.0 Å². The molecule has 0 aliphatic carbocycles. The molecule has 1 aromatic rings. The van der Waals surface area contributed by atoms with E-state index in [1.165, 1.54) is 30.8 Å². The number of rotatable bonds is 23. The van der Waals surface area contributed by atoms with E-state index in [1.54, 1.807) is 38.1 Å². The molecule has 9 amide bonds. The molecule has 19 nitrogen and oxygen atoms in total. The number of anilines is 1. The van der Waals surface area contributed by atoms with Gasteiger partial charge in [-0.2, -0.15) is 12.6 Å². The highest BCUT2D eigenvalue weighted by atomic mass is 32.1. The van der Waals surface area contributed by atoms with E-state index in [0.29, 0.717) is 30.5 Å². The van der Waals surface area contributed by atoms with Crippen LogP contribution in [0.5, 0.6) is 0 Å². The van der Waals surface area contributed by atoms with E-state index < -0.39 is 59.2 Å². The summed E-state index contributed by atoms with van der Waals surface area (Å²) < 4.78 is 5.31. The Kier molecular flexibility index (Phi) is 19.8. The van der Waals surface area contributed by atoms with E-state index in [-0.39, 0.29) is 82.0 Å². The lowest BCUT2D eigenvalue weighted by atomic mass is 10.0. The van der Waals surface area contributed by atoms with Crippen LogP contribution in [0.25, 0.3) is 0 Å². The average Bonchev–Trinajstić information content (AvgIpc) is 3.40. The fraction of sp³-hybridized carbons (Fsp3) is 0.595. The molecule has 7 N–H and O–H groups in total. The SMILES string of the molecule is CC(C)[C@H](NC(=O)CCCCCN1C(=O)CC(S)C1=O)C(=O)N[C@@H](CCCNC(N)=O)C(=O)Nc1ccc(COC(=O)N(C)CCC(=O)N(C)[C@@H](C)C(=O)O)cc1. The van der Waals surface area contributed by atoms with E-state index in [9.17, 15) is 43.2 Å². The first-order valence-corrected chi connectivity index (χ1v) is 19.2. The molecule has 1 saturated heterocycles. The Morgan fingerprint density at radius 2 is 1.61 bits per heavy atom. The second kappa shape index (κ2) is 23.6. The molecule has 57 heavy (non-hydrogen) atoms.